The van der Waals surface area contributed by atoms with Gasteiger partial charge in [0.1, 0.15) is 0 Å². The molecule has 0 amide bonds. The van der Waals surface area contributed by atoms with Crippen LogP contribution in [0.15, 0.2) is 24.8 Å². The summed E-state index contributed by atoms with van der Waals surface area (Å²) in [7, 11) is 1.60. The van der Waals surface area contributed by atoms with Gasteiger partial charge in [-0.1, -0.05) is 25.2 Å². The average Bonchev–Trinajstić information content (AvgIpc) is 2.29. The fourth-order valence-electron chi connectivity index (χ4n) is 1.76. The van der Waals surface area contributed by atoms with E-state index in [1.165, 1.54) is 0 Å². The van der Waals surface area contributed by atoms with E-state index in [0.29, 0.717) is 12.5 Å². The highest BCUT2D eigenvalue weighted by atomic mass is 16.5. The standard InChI is InChI=1S/C14H27NO2/c1-6-8-11(3)13(9-7-2)15-12(4)14(16)10-17-5/h6-7,9,11-16H,1,8,10H2,2-5H3. The predicted molar refractivity (Wildman–Crippen MR) is 73.1 cm³/mol. The van der Waals surface area contributed by atoms with E-state index in [9.17, 15) is 5.11 Å². The van der Waals surface area contributed by atoms with Crippen LogP contribution in [0.5, 0.6) is 0 Å². The zero-order valence-corrected chi connectivity index (χ0v) is 11.5. The molecule has 0 heterocycles. The van der Waals surface area contributed by atoms with E-state index < -0.39 is 6.10 Å². The Hall–Kier alpha value is -0.640. The van der Waals surface area contributed by atoms with E-state index in [4.69, 9.17) is 4.74 Å². The lowest BCUT2D eigenvalue weighted by Gasteiger charge is -2.28. The summed E-state index contributed by atoms with van der Waals surface area (Å²) >= 11 is 0. The summed E-state index contributed by atoms with van der Waals surface area (Å²) < 4.78 is 4.95. The van der Waals surface area contributed by atoms with E-state index >= 15 is 0 Å². The highest BCUT2D eigenvalue weighted by Crippen LogP contribution is 2.12. The van der Waals surface area contributed by atoms with Gasteiger partial charge in [0.05, 0.1) is 12.7 Å². The van der Waals surface area contributed by atoms with Crippen LogP contribution in [0.4, 0.5) is 0 Å². The third-order valence-electron chi connectivity index (χ3n) is 2.92. The SMILES string of the molecule is C=CCC(C)C(C=CC)NC(C)C(O)COC. The molecule has 3 heteroatoms. The second kappa shape index (κ2) is 9.40. The van der Waals surface area contributed by atoms with E-state index in [-0.39, 0.29) is 12.1 Å². The maximum Gasteiger partial charge on any atom is 0.0923 e. The lowest BCUT2D eigenvalue weighted by molar-refractivity contribution is 0.0401. The van der Waals surface area contributed by atoms with Crippen LogP contribution < -0.4 is 5.32 Å². The molecule has 0 saturated heterocycles. The van der Waals surface area contributed by atoms with Crippen molar-refractivity contribution in [3.05, 3.63) is 24.8 Å². The number of allylic oxidation sites excluding steroid dienone is 2. The highest BCUT2D eigenvalue weighted by molar-refractivity contribution is 4.97. The molecule has 0 aliphatic carbocycles. The Morgan fingerprint density at radius 1 is 1.41 bits per heavy atom. The molecular weight excluding hydrogens is 214 g/mol. The Morgan fingerprint density at radius 2 is 2.06 bits per heavy atom. The summed E-state index contributed by atoms with van der Waals surface area (Å²) in [6, 6.07) is 0.253. The Morgan fingerprint density at radius 3 is 2.53 bits per heavy atom. The molecule has 100 valence electrons. The van der Waals surface area contributed by atoms with Crippen molar-refractivity contribution < 1.29 is 9.84 Å². The van der Waals surface area contributed by atoms with Gasteiger partial charge in [0.25, 0.3) is 0 Å². The van der Waals surface area contributed by atoms with Crippen molar-refractivity contribution >= 4 is 0 Å². The van der Waals surface area contributed by atoms with Crippen LogP contribution in [0, 0.1) is 5.92 Å². The first-order valence-corrected chi connectivity index (χ1v) is 6.23. The molecule has 17 heavy (non-hydrogen) atoms. The summed E-state index contributed by atoms with van der Waals surface area (Å²) in [6.07, 6.45) is 6.56. The molecule has 0 aromatic heterocycles. The van der Waals surface area contributed by atoms with Gasteiger partial charge >= 0.3 is 0 Å². The van der Waals surface area contributed by atoms with Crippen LogP contribution in [0.3, 0.4) is 0 Å². The maximum atomic E-state index is 9.81. The minimum Gasteiger partial charge on any atom is -0.389 e. The van der Waals surface area contributed by atoms with Crippen molar-refractivity contribution in [1.29, 1.82) is 0 Å². The molecular formula is C14H27NO2. The van der Waals surface area contributed by atoms with E-state index in [1.807, 2.05) is 26.0 Å². The molecule has 0 spiro atoms. The van der Waals surface area contributed by atoms with Crippen LogP contribution in [-0.2, 0) is 4.74 Å². The second-order valence-electron chi connectivity index (χ2n) is 4.53. The van der Waals surface area contributed by atoms with Gasteiger partial charge in [-0.05, 0) is 26.2 Å². The molecule has 3 nitrogen and oxygen atoms in total. The molecule has 0 aliphatic heterocycles. The number of aliphatic hydroxyl groups is 1. The number of ether oxygens (including phenoxy) is 1. The smallest absolute Gasteiger partial charge is 0.0923 e. The summed E-state index contributed by atoms with van der Waals surface area (Å²) in [4.78, 5) is 0. The Labute approximate surface area is 106 Å². The van der Waals surface area contributed by atoms with Crippen molar-refractivity contribution in [3.63, 3.8) is 0 Å². The second-order valence-corrected chi connectivity index (χ2v) is 4.53. The Kier molecular flexibility index (Phi) is 9.04. The van der Waals surface area contributed by atoms with Gasteiger partial charge in [-0.3, -0.25) is 0 Å². The van der Waals surface area contributed by atoms with Gasteiger partial charge in [0.15, 0.2) is 0 Å². The largest absolute Gasteiger partial charge is 0.389 e. The summed E-state index contributed by atoms with van der Waals surface area (Å²) in [5.41, 5.74) is 0. The minimum atomic E-state index is -0.483. The molecule has 0 aromatic carbocycles. The Bertz CT molecular complexity index is 228. The van der Waals surface area contributed by atoms with Crippen LogP contribution in [0.2, 0.25) is 0 Å². The third kappa shape index (κ3) is 6.61. The van der Waals surface area contributed by atoms with Crippen molar-refractivity contribution in [2.24, 2.45) is 5.92 Å². The molecule has 2 N–H and O–H groups in total. The topological polar surface area (TPSA) is 41.5 Å². The number of aliphatic hydroxyl groups excluding tert-OH is 1. The van der Waals surface area contributed by atoms with Crippen LogP contribution in [0.1, 0.15) is 27.2 Å². The minimum absolute atomic E-state index is 0.00316. The lowest BCUT2D eigenvalue weighted by atomic mass is 9.96. The van der Waals surface area contributed by atoms with Crippen molar-refractivity contribution in [3.8, 4) is 0 Å². The monoisotopic (exact) mass is 241 g/mol. The summed E-state index contributed by atoms with van der Waals surface area (Å²) in [6.45, 7) is 10.3. The normalized spacial score (nSPS) is 18.9. The maximum absolute atomic E-state index is 9.81. The average molecular weight is 241 g/mol. The molecule has 4 unspecified atom stereocenters. The van der Waals surface area contributed by atoms with Crippen molar-refractivity contribution in [2.75, 3.05) is 13.7 Å². The number of hydrogen-bond donors (Lipinski definition) is 2. The van der Waals surface area contributed by atoms with E-state index in [2.05, 4.69) is 24.9 Å². The lowest BCUT2D eigenvalue weighted by Crippen LogP contribution is -2.46. The van der Waals surface area contributed by atoms with Crippen LogP contribution in [-0.4, -0.2) is 37.0 Å². The van der Waals surface area contributed by atoms with Crippen molar-refractivity contribution in [2.45, 2.75) is 45.4 Å². The zero-order valence-electron chi connectivity index (χ0n) is 11.5. The van der Waals surface area contributed by atoms with Crippen LogP contribution >= 0.6 is 0 Å². The number of methoxy groups -OCH3 is 1. The first-order chi connectivity index (χ1) is 8.06. The molecule has 0 aliphatic rings. The molecule has 0 bridgehead atoms. The Balaban J connectivity index is 4.37. The third-order valence-corrected chi connectivity index (χ3v) is 2.92. The molecule has 0 rings (SSSR count). The van der Waals surface area contributed by atoms with Gasteiger partial charge in [0, 0.05) is 19.2 Å². The quantitative estimate of drug-likeness (QED) is 0.608. The van der Waals surface area contributed by atoms with Gasteiger partial charge in [0.2, 0.25) is 0 Å². The van der Waals surface area contributed by atoms with Crippen LogP contribution in [0.25, 0.3) is 0 Å². The van der Waals surface area contributed by atoms with Gasteiger partial charge < -0.3 is 15.2 Å². The molecule has 0 saturated carbocycles. The number of rotatable bonds is 9. The van der Waals surface area contributed by atoms with E-state index in [0.717, 1.165) is 6.42 Å². The first kappa shape index (κ1) is 16.4. The zero-order chi connectivity index (χ0) is 13.3. The highest BCUT2D eigenvalue weighted by Gasteiger charge is 2.20. The predicted octanol–water partition coefficient (Wildman–Crippen LogP) is 2.13. The number of hydrogen-bond acceptors (Lipinski definition) is 3. The molecule has 0 aromatic rings. The molecule has 4 atom stereocenters. The fourth-order valence-corrected chi connectivity index (χ4v) is 1.76. The molecule has 0 fully saturated rings. The van der Waals surface area contributed by atoms with Crippen molar-refractivity contribution in [1.82, 2.24) is 5.32 Å². The van der Waals surface area contributed by atoms with Gasteiger partial charge in [-0.25, -0.2) is 0 Å². The van der Waals surface area contributed by atoms with E-state index in [1.54, 1.807) is 7.11 Å². The summed E-state index contributed by atoms with van der Waals surface area (Å²) in [5, 5.41) is 13.2. The first-order valence-electron chi connectivity index (χ1n) is 6.23. The fraction of sp³-hybridized carbons (Fsp3) is 0.714. The summed E-state index contributed by atoms with van der Waals surface area (Å²) in [5.74, 6) is 0.459. The van der Waals surface area contributed by atoms with Gasteiger partial charge in [-0.15, -0.1) is 6.58 Å². The van der Waals surface area contributed by atoms with Gasteiger partial charge in [-0.2, -0.15) is 0 Å². The molecule has 0 radical (unpaired) electrons. The number of nitrogens with one attached hydrogen (secondary N) is 1.